The van der Waals surface area contributed by atoms with Gasteiger partial charge in [-0.15, -0.1) is 0 Å². The molecule has 0 radical (unpaired) electrons. The standard InChI is InChI=1S/C22H29FO/c1-14(2)10-16-12-20(22(4,5)6)18(11-15(16)3)19-13-17(24-7)8-9-21(19)23/h8-9,11-14H,10H2,1-7H3. The van der Waals surface area contributed by atoms with Gasteiger partial charge in [-0.3, -0.25) is 0 Å². The Morgan fingerprint density at radius 2 is 1.71 bits per heavy atom. The summed E-state index contributed by atoms with van der Waals surface area (Å²) in [6.45, 7) is 13.1. The summed E-state index contributed by atoms with van der Waals surface area (Å²) in [5.41, 5.74) is 5.25. The van der Waals surface area contributed by atoms with Crippen LogP contribution in [0.2, 0.25) is 0 Å². The summed E-state index contributed by atoms with van der Waals surface area (Å²) in [7, 11) is 1.61. The van der Waals surface area contributed by atoms with E-state index in [0.29, 0.717) is 17.2 Å². The van der Waals surface area contributed by atoms with Gasteiger partial charge in [-0.25, -0.2) is 4.39 Å². The molecule has 0 saturated heterocycles. The average Bonchev–Trinajstić information content (AvgIpc) is 2.48. The van der Waals surface area contributed by atoms with Gasteiger partial charge in [-0.05, 0) is 65.1 Å². The number of rotatable bonds is 4. The third kappa shape index (κ3) is 3.98. The predicted molar refractivity (Wildman–Crippen MR) is 100 cm³/mol. The van der Waals surface area contributed by atoms with E-state index in [1.807, 2.05) is 0 Å². The van der Waals surface area contributed by atoms with Gasteiger partial charge in [0.05, 0.1) is 7.11 Å². The van der Waals surface area contributed by atoms with E-state index in [1.165, 1.54) is 22.8 Å². The molecular weight excluding hydrogens is 299 g/mol. The van der Waals surface area contributed by atoms with Gasteiger partial charge in [-0.1, -0.05) is 46.8 Å². The normalized spacial score (nSPS) is 11.9. The summed E-state index contributed by atoms with van der Waals surface area (Å²) in [6.07, 6.45) is 1.04. The molecule has 2 rings (SSSR count). The van der Waals surface area contributed by atoms with Crippen molar-refractivity contribution in [3.8, 4) is 16.9 Å². The molecule has 0 saturated carbocycles. The maximum atomic E-state index is 14.5. The first kappa shape index (κ1) is 18.5. The molecule has 0 spiro atoms. The Bertz CT molecular complexity index is 723. The lowest BCUT2D eigenvalue weighted by Crippen LogP contribution is -2.15. The highest BCUT2D eigenvalue weighted by molar-refractivity contribution is 5.72. The first-order valence-electron chi connectivity index (χ1n) is 8.61. The Morgan fingerprint density at radius 3 is 2.25 bits per heavy atom. The third-order valence-corrected chi connectivity index (χ3v) is 4.38. The molecule has 0 atom stereocenters. The van der Waals surface area contributed by atoms with Gasteiger partial charge < -0.3 is 4.74 Å². The lowest BCUT2D eigenvalue weighted by atomic mass is 9.79. The minimum Gasteiger partial charge on any atom is -0.497 e. The van der Waals surface area contributed by atoms with Crippen LogP contribution in [0.25, 0.3) is 11.1 Å². The molecule has 2 heteroatoms. The molecule has 0 aliphatic heterocycles. The van der Waals surface area contributed by atoms with Crippen molar-refractivity contribution in [2.24, 2.45) is 5.92 Å². The summed E-state index contributed by atoms with van der Waals surface area (Å²) in [5, 5.41) is 0. The Balaban J connectivity index is 2.71. The SMILES string of the molecule is COc1ccc(F)c(-c2cc(C)c(CC(C)C)cc2C(C)(C)C)c1. The highest BCUT2D eigenvalue weighted by atomic mass is 19.1. The fraction of sp³-hybridized carbons (Fsp3) is 0.455. The second-order valence-electron chi connectivity index (χ2n) is 8.02. The smallest absolute Gasteiger partial charge is 0.131 e. The molecule has 0 heterocycles. The molecule has 130 valence electrons. The van der Waals surface area contributed by atoms with E-state index in [-0.39, 0.29) is 11.2 Å². The van der Waals surface area contributed by atoms with E-state index in [1.54, 1.807) is 19.2 Å². The van der Waals surface area contributed by atoms with Crippen molar-refractivity contribution < 1.29 is 9.13 Å². The van der Waals surface area contributed by atoms with Gasteiger partial charge in [0, 0.05) is 5.56 Å². The van der Waals surface area contributed by atoms with Crippen LogP contribution in [0.3, 0.4) is 0 Å². The van der Waals surface area contributed by atoms with Crippen molar-refractivity contribution in [2.75, 3.05) is 7.11 Å². The molecule has 0 fully saturated rings. The maximum absolute atomic E-state index is 14.5. The fourth-order valence-corrected chi connectivity index (χ4v) is 3.09. The summed E-state index contributed by atoms with van der Waals surface area (Å²) < 4.78 is 19.8. The lowest BCUT2D eigenvalue weighted by Gasteiger charge is -2.26. The molecule has 2 aromatic rings. The van der Waals surface area contributed by atoms with Crippen LogP contribution in [0.1, 0.15) is 51.3 Å². The van der Waals surface area contributed by atoms with E-state index in [9.17, 15) is 4.39 Å². The Labute approximate surface area is 145 Å². The van der Waals surface area contributed by atoms with E-state index in [2.05, 4.69) is 53.7 Å². The van der Waals surface area contributed by atoms with Crippen LogP contribution in [0, 0.1) is 18.7 Å². The molecule has 0 N–H and O–H groups in total. The van der Waals surface area contributed by atoms with Crippen LogP contribution < -0.4 is 4.74 Å². The van der Waals surface area contributed by atoms with Crippen LogP contribution in [-0.2, 0) is 11.8 Å². The zero-order chi connectivity index (χ0) is 18.1. The fourth-order valence-electron chi connectivity index (χ4n) is 3.09. The van der Waals surface area contributed by atoms with Crippen LogP contribution in [0.15, 0.2) is 30.3 Å². The molecule has 0 bridgehead atoms. The summed E-state index contributed by atoms with van der Waals surface area (Å²) in [6, 6.07) is 9.34. The largest absolute Gasteiger partial charge is 0.497 e. The minimum absolute atomic E-state index is 0.0652. The quantitative estimate of drug-likeness (QED) is 0.639. The Kier molecular flexibility index (Phi) is 5.37. The van der Waals surface area contributed by atoms with E-state index >= 15 is 0 Å². The van der Waals surface area contributed by atoms with Gasteiger partial charge in [0.15, 0.2) is 0 Å². The van der Waals surface area contributed by atoms with Gasteiger partial charge in [0.1, 0.15) is 11.6 Å². The maximum Gasteiger partial charge on any atom is 0.131 e. The first-order valence-corrected chi connectivity index (χ1v) is 8.61. The van der Waals surface area contributed by atoms with Crippen molar-refractivity contribution in [1.82, 2.24) is 0 Å². The summed E-state index contributed by atoms with van der Waals surface area (Å²) in [4.78, 5) is 0. The van der Waals surface area contributed by atoms with Gasteiger partial charge in [0.25, 0.3) is 0 Å². The van der Waals surface area contributed by atoms with Crippen molar-refractivity contribution in [3.05, 3.63) is 52.8 Å². The van der Waals surface area contributed by atoms with Crippen LogP contribution in [0.4, 0.5) is 4.39 Å². The molecule has 1 nitrogen and oxygen atoms in total. The van der Waals surface area contributed by atoms with Crippen molar-refractivity contribution >= 4 is 0 Å². The minimum atomic E-state index is -0.211. The predicted octanol–water partition coefficient (Wildman–Crippen LogP) is 6.31. The summed E-state index contributed by atoms with van der Waals surface area (Å²) >= 11 is 0. The Morgan fingerprint density at radius 1 is 1.04 bits per heavy atom. The van der Waals surface area contributed by atoms with Crippen molar-refractivity contribution in [3.63, 3.8) is 0 Å². The Hall–Kier alpha value is -1.83. The topological polar surface area (TPSA) is 9.23 Å². The second-order valence-corrected chi connectivity index (χ2v) is 8.02. The molecule has 0 amide bonds. The van der Waals surface area contributed by atoms with Crippen LogP contribution in [0.5, 0.6) is 5.75 Å². The highest BCUT2D eigenvalue weighted by Gasteiger charge is 2.22. The first-order chi connectivity index (χ1) is 11.1. The molecule has 2 aromatic carbocycles. The van der Waals surface area contributed by atoms with Gasteiger partial charge >= 0.3 is 0 Å². The van der Waals surface area contributed by atoms with Gasteiger partial charge in [0.2, 0.25) is 0 Å². The molecule has 0 unspecified atom stereocenters. The van der Waals surface area contributed by atoms with Crippen molar-refractivity contribution in [1.29, 1.82) is 0 Å². The number of methoxy groups -OCH3 is 1. The van der Waals surface area contributed by atoms with E-state index in [4.69, 9.17) is 4.74 Å². The third-order valence-electron chi connectivity index (χ3n) is 4.38. The highest BCUT2D eigenvalue weighted by Crippen LogP contribution is 2.38. The molecule has 0 aliphatic rings. The number of hydrogen-bond donors (Lipinski definition) is 0. The van der Waals surface area contributed by atoms with Crippen LogP contribution >= 0.6 is 0 Å². The lowest BCUT2D eigenvalue weighted by molar-refractivity contribution is 0.414. The molecule has 24 heavy (non-hydrogen) atoms. The number of hydrogen-bond acceptors (Lipinski definition) is 1. The number of halogens is 1. The second kappa shape index (κ2) is 6.96. The molecule has 0 aromatic heterocycles. The van der Waals surface area contributed by atoms with E-state index < -0.39 is 0 Å². The number of aryl methyl sites for hydroxylation is 1. The average molecular weight is 328 g/mol. The number of ether oxygens (including phenoxy) is 1. The monoisotopic (exact) mass is 328 g/mol. The molecule has 0 aliphatic carbocycles. The molecular formula is C22H29FO. The zero-order valence-corrected chi connectivity index (χ0v) is 16.0. The van der Waals surface area contributed by atoms with Gasteiger partial charge in [-0.2, -0.15) is 0 Å². The number of benzene rings is 2. The van der Waals surface area contributed by atoms with E-state index in [0.717, 1.165) is 12.0 Å². The van der Waals surface area contributed by atoms with Crippen molar-refractivity contribution in [2.45, 2.75) is 53.4 Å². The van der Waals surface area contributed by atoms with Crippen LogP contribution in [-0.4, -0.2) is 7.11 Å². The zero-order valence-electron chi connectivity index (χ0n) is 16.0. The summed E-state index contributed by atoms with van der Waals surface area (Å²) in [5.74, 6) is 1.06.